The van der Waals surface area contributed by atoms with Gasteiger partial charge in [-0.3, -0.25) is 10.1 Å². The van der Waals surface area contributed by atoms with E-state index >= 15 is 0 Å². The number of nitrogens with one attached hydrogen (secondary N) is 2. The van der Waals surface area contributed by atoms with Gasteiger partial charge in [0.1, 0.15) is 16.9 Å². The largest absolute Gasteiger partial charge is 0.459 e. The maximum Gasteiger partial charge on any atom is 0.412 e. The van der Waals surface area contributed by atoms with Gasteiger partial charge in [-0.1, -0.05) is 30.3 Å². The smallest absolute Gasteiger partial charge is 0.412 e. The quantitative estimate of drug-likeness (QED) is 0.623. The van der Waals surface area contributed by atoms with Crippen molar-refractivity contribution in [2.45, 2.75) is 45.8 Å². The van der Waals surface area contributed by atoms with Crippen LogP contribution in [0.4, 0.5) is 10.5 Å². The van der Waals surface area contributed by atoms with E-state index in [0.29, 0.717) is 5.69 Å². The van der Waals surface area contributed by atoms with Crippen molar-refractivity contribution >= 4 is 28.7 Å². The van der Waals surface area contributed by atoms with Crippen LogP contribution in [0.5, 0.6) is 0 Å². The van der Waals surface area contributed by atoms with Gasteiger partial charge in [-0.05, 0) is 57.5 Å². The molecule has 2 N–H and O–H groups in total. The molecule has 0 saturated heterocycles. The minimum atomic E-state index is -0.557. The van der Waals surface area contributed by atoms with Crippen molar-refractivity contribution in [2.75, 3.05) is 5.32 Å². The summed E-state index contributed by atoms with van der Waals surface area (Å²) >= 11 is 0. The van der Waals surface area contributed by atoms with Crippen LogP contribution in [0.1, 0.15) is 45.1 Å². The summed E-state index contributed by atoms with van der Waals surface area (Å²) in [7, 11) is 0. The summed E-state index contributed by atoms with van der Waals surface area (Å²) in [6.07, 6.45) is -0.278. The molecule has 1 heterocycles. The van der Waals surface area contributed by atoms with Crippen LogP contribution in [-0.4, -0.2) is 17.6 Å². The number of carbonyl (C=O) groups is 2. The minimum Gasteiger partial charge on any atom is -0.459 e. The van der Waals surface area contributed by atoms with Gasteiger partial charge in [-0.2, -0.15) is 0 Å². The third-order valence-electron chi connectivity index (χ3n) is 4.21. The Hall–Kier alpha value is -3.28. The summed E-state index contributed by atoms with van der Waals surface area (Å²) in [6.45, 7) is 7.31. The first-order chi connectivity index (χ1) is 13.7. The first-order valence-corrected chi connectivity index (χ1v) is 9.56. The number of furan rings is 1. The highest BCUT2D eigenvalue weighted by atomic mass is 16.6. The van der Waals surface area contributed by atoms with E-state index in [1.165, 1.54) is 0 Å². The highest BCUT2D eigenvalue weighted by Gasteiger charge is 2.17. The topological polar surface area (TPSA) is 80.6 Å². The number of amides is 2. The van der Waals surface area contributed by atoms with E-state index in [9.17, 15) is 9.59 Å². The van der Waals surface area contributed by atoms with Crippen LogP contribution < -0.4 is 10.6 Å². The maximum atomic E-state index is 12.4. The summed E-state index contributed by atoms with van der Waals surface area (Å²) in [6, 6.07) is 16.6. The highest BCUT2D eigenvalue weighted by molar-refractivity contribution is 5.85. The third kappa shape index (κ3) is 5.85. The summed E-state index contributed by atoms with van der Waals surface area (Å²) in [5.74, 6) is 0.613. The van der Waals surface area contributed by atoms with E-state index in [-0.39, 0.29) is 18.4 Å². The average Bonchev–Trinajstić information content (AvgIpc) is 3.06. The number of fused-ring (bicyclic) bond motifs is 1. The Kier molecular flexibility index (Phi) is 5.92. The number of rotatable bonds is 5. The Balaban J connectivity index is 1.54. The van der Waals surface area contributed by atoms with Gasteiger partial charge >= 0.3 is 6.09 Å². The molecule has 0 spiro atoms. The lowest BCUT2D eigenvalue weighted by molar-refractivity contribution is -0.121. The molecule has 1 aromatic heterocycles. The first kappa shape index (κ1) is 20.5. The number of ether oxygens (including phenoxy) is 1. The average molecular weight is 394 g/mol. The first-order valence-electron chi connectivity index (χ1n) is 9.56. The van der Waals surface area contributed by atoms with Gasteiger partial charge < -0.3 is 14.5 Å². The van der Waals surface area contributed by atoms with Crippen molar-refractivity contribution in [1.82, 2.24) is 5.32 Å². The molecule has 0 fully saturated rings. The van der Waals surface area contributed by atoms with Gasteiger partial charge in [0.15, 0.2) is 0 Å². The number of para-hydroxylation sites is 1. The van der Waals surface area contributed by atoms with E-state index in [2.05, 4.69) is 10.6 Å². The summed E-state index contributed by atoms with van der Waals surface area (Å²) < 4.78 is 11.0. The fourth-order valence-corrected chi connectivity index (χ4v) is 2.89. The molecule has 6 nitrogen and oxygen atoms in total. The lowest BCUT2D eigenvalue weighted by Gasteiger charge is -2.19. The summed E-state index contributed by atoms with van der Waals surface area (Å²) in [5.41, 5.74) is 1.70. The Morgan fingerprint density at radius 2 is 1.76 bits per heavy atom. The molecule has 29 heavy (non-hydrogen) atoms. The van der Waals surface area contributed by atoms with E-state index < -0.39 is 11.7 Å². The molecule has 1 unspecified atom stereocenters. The van der Waals surface area contributed by atoms with Gasteiger partial charge in [-0.15, -0.1) is 0 Å². The van der Waals surface area contributed by atoms with Gasteiger partial charge in [0, 0.05) is 11.1 Å². The van der Waals surface area contributed by atoms with Crippen molar-refractivity contribution in [3.63, 3.8) is 0 Å². The maximum absolute atomic E-state index is 12.4. The molecule has 3 rings (SSSR count). The van der Waals surface area contributed by atoms with E-state index in [1.807, 2.05) is 37.3 Å². The van der Waals surface area contributed by atoms with Crippen LogP contribution in [0.25, 0.3) is 11.0 Å². The lowest BCUT2D eigenvalue weighted by atomic mass is 10.1. The monoisotopic (exact) mass is 394 g/mol. The van der Waals surface area contributed by atoms with E-state index in [4.69, 9.17) is 9.15 Å². The van der Waals surface area contributed by atoms with Crippen LogP contribution in [0.15, 0.2) is 59.0 Å². The van der Waals surface area contributed by atoms with E-state index in [1.54, 1.807) is 45.0 Å². The number of hydrogen-bond donors (Lipinski definition) is 2. The molecule has 6 heteroatoms. The zero-order valence-corrected chi connectivity index (χ0v) is 17.1. The summed E-state index contributed by atoms with van der Waals surface area (Å²) in [4.78, 5) is 24.2. The molecule has 0 saturated carbocycles. The number of carbonyl (C=O) groups excluding carboxylic acids is 2. The predicted molar refractivity (Wildman–Crippen MR) is 113 cm³/mol. The molecule has 0 aliphatic rings. The molecule has 0 radical (unpaired) electrons. The summed E-state index contributed by atoms with van der Waals surface area (Å²) in [5, 5.41) is 6.64. The number of benzene rings is 2. The zero-order chi connectivity index (χ0) is 21.0. The third-order valence-corrected chi connectivity index (χ3v) is 4.21. The Morgan fingerprint density at radius 3 is 2.41 bits per heavy atom. The Morgan fingerprint density at radius 1 is 1.07 bits per heavy atom. The minimum absolute atomic E-state index is 0.106. The van der Waals surface area contributed by atoms with E-state index in [0.717, 1.165) is 22.3 Å². The second-order valence-corrected chi connectivity index (χ2v) is 7.98. The predicted octanol–water partition coefficient (Wildman–Crippen LogP) is 5.20. The molecular weight excluding hydrogens is 368 g/mol. The molecule has 1 atom stereocenters. The van der Waals surface area contributed by atoms with Crippen molar-refractivity contribution in [3.8, 4) is 0 Å². The molecule has 0 aliphatic heterocycles. The molecule has 2 amide bonds. The van der Waals surface area contributed by atoms with Crippen molar-refractivity contribution in [2.24, 2.45) is 0 Å². The highest BCUT2D eigenvalue weighted by Crippen LogP contribution is 2.23. The fourth-order valence-electron chi connectivity index (χ4n) is 2.89. The lowest BCUT2D eigenvalue weighted by Crippen LogP contribution is -2.28. The van der Waals surface area contributed by atoms with Crippen LogP contribution >= 0.6 is 0 Å². The molecule has 3 aromatic rings. The van der Waals surface area contributed by atoms with Crippen molar-refractivity contribution in [1.29, 1.82) is 0 Å². The van der Waals surface area contributed by atoms with Gasteiger partial charge in [0.25, 0.3) is 0 Å². The van der Waals surface area contributed by atoms with Gasteiger partial charge in [0.2, 0.25) is 5.91 Å². The van der Waals surface area contributed by atoms with Crippen LogP contribution in [0.2, 0.25) is 0 Å². The number of hydrogen-bond acceptors (Lipinski definition) is 4. The van der Waals surface area contributed by atoms with Crippen LogP contribution in [-0.2, 0) is 16.0 Å². The van der Waals surface area contributed by atoms with Crippen molar-refractivity contribution in [3.05, 3.63) is 65.9 Å². The Bertz CT molecular complexity index is 967. The SMILES string of the molecule is CC(NC(=O)Cc1ccc(NC(=O)OC(C)(C)C)cc1)c1cc2ccccc2o1. The second kappa shape index (κ2) is 8.39. The molecular formula is C23H26N2O4. The molecule has 152 valence electrons. The molecule has 0 bridgehead atoms. The normalized spacial score (nSPS) is 12.4. The number of anilines is 1. The fraction of sp³-hybridized carbons (Fsp3) is 0.304. The van der Waals surface area contributed by atoms with Crippen LogP contribution in [0.3, 0.4) is 0 Å². The molecule has 2 aromatic carbocycles. The zero-order valence-electron chi connectivity index (χ0n) is 17.1. The van der Waals surface area contributed by atoms with Gasteiger partial charge in [0.05, 0.1) is 12.5 Å². The Labute approximate surface area is 170 Å². The standard InChI is InChI=1S/C23H26N2O4/c1-15(20-14-17-7-5-6-8-19(17)28-20)24-21(26)13-16-9-11-18(12-10-16)25-22(27)29-23(2,3)4/h5-12,14-15H,13H2,1-4H3,(H,24,26)(H,25,27). The van der Waals surface area contributed by atoms with Crippen LogP contribution in [0, 0.1) is 0 Å². The van der Waals surface area contributed by atoms with Gasteiger partial charge in [-0.25, -0.2) is 4.79 Å². The second-order valence-electron chi connectivity index (χ2n) is 7.98. The molecule has 0 aliphatic carbocycles. The van der Waals surface area contributed by atoms with Crippen molar-refractivity contribution < 1.29 is 18.7 Å².